The predicted molar refractivity (Wildman–Crippen MR) is 178 cm³/mol. The third-order valence-electron chi connectivity index (χ3n) is 11.8. The molecular weight excluding hydrogens is 614 g/mol. The first-order chi connectivity index (χ1) is 22.7. The second kappa shape index (κ2) is 9.29. The van der Waals surface area contributed by atoms with Crippen molar-refractivity contribution in [1.29, 1.82) is 0 Å². The van der Waals surface area contributed by atoms with Gasteiger partial charge in [0.2, 0.25) is 5.24 Å². The molecule has 4 N–H and O–H groups in total. The first kappa shape index (κ1) is 28.0. The van der Waals surface area contributed by atoms with Crippen molar-refractivity contribution in [3.05, 3.63) is 49.6 Å². The van der Waals surface area contributed by atoms with Gasteiger partial charge in [0.05, 0.1) is 41.6 Å². The number of nitrogens with two attached hydrogens (primary N) is 1. The van der Waals surface area contributed by atoms with Crippen molar-refractivity contribution < 1.29 is 9.59 Å². The summed E-state index contributed by atoms with van der Waals surface area (Å²) in [7, 11) is 0. The Morgan fingerprint density at radius 1 is 0.766 bits per heavy atom. The van der Waals surface area contributed by atoms with Crippen molar-refractivity contribution in [2.75, 3.05) is 0 Å². The van der Waals surface area contributed by atoms with Crippen molar-refractivity contribution in [2.24, 2.45) is 23.0 Å². The van der Waals surface area contributed by atoms with E-state index in [9.17, 15) is 9.59 Å². The molecule has 0 saturated heterocycles. The van der Waals surface area contributed by atoms with Crippen LogP contribution in [0.3, 0.4) is 0 Å². The number of carbonyl (C=O) groups excluding carboxylic acids is 2. The van der Waals surface area contributed by atoms with Crippen LogP contribution in [0.25, 0.3) is 44.1 Å². The number of ketones is 1. The van der Waals surface area contributed by atoms with E-state index in [1.54, 1.807) is 0 Å². The molecule has 0 unspecified atom stereocenters. The molecule has 0 radical (unpaired) electrons. The smallest absolute Gasteiger partial charge is 0.224 e. The topological polar surface area (TPSA) is 153 Å². The van der Waals surface area contributed by atoms with Gasteiger partial charge in [-0.1, -0.05) is 0 Å². The van der Waals surface area contributed by atoms with Crippen LogP contribution < -0.4 is 5.73 Å². The highest BCUT2D eigenvalue weighted by molar-refractivity contribution is 6.64. The number of aromatic amines is 2. The molecule has 14 rings (SSSR count). The summed E-state index contributed by atoms with van der Waals surface area (Å²) in [4.78, 5) is 46.3. The van der Waals surface area contributed by atoms with Gasteiger partial charge in [0.15, 0.2) is 0 Å². The second-order valence-electron chi connectivity index (χ2n) is 15.6. The Morgan fingerprint density at radius 3 is 1.68 bits per heavy atom. The van der Waals surface area contributed by atoms with Crippen molar-refractivity contribution in [3.8, 4) is 0 Å². The first-order valence-corrected chi connectivity index (χ1v) is 17.2. The fraction of sp³-hybridized carbons (Fsp3) is 0.486. The van der Waals surface area contributed by atoms with Crippen LogP contribution in [0.2, 0.25) is 0 Å². The van der Waals surface area contributed by atoms with E-state index < -0.39 is 0 Å². The van der Waals surface area contributed by atoms with E-state index in [1.165, 1.54) is 11.0 Å². The fourth-order valence-corrected chi connectivity index (χ4v) is 9.63. The zero-order valence-electron chi connectivity index (χ0n) is 26.0. The molecule has 6 aromatic rings. The Hall–Kier alpha value is -4.09. The lowest BCUT2D eigenvalue weighted by Crippen LogP contribution is -2.76. The number of hydrogen-bond acceptors (Lipinski definition) is 7. The first-order valence-electron chi connectivity index (χ1n) is 16.8. The SMILES string of the molecule is NC12CC(n3cnc4cnc5[nH]ccc5c43)(C1)C2.O=C(CC12CC(n3cnc4cnc5[nH]ccc5c43)(C1)C2)C1CC1.O=C(Cl)C1CC1. The van der Waals surface area contributed by atoms with E-state index in [-0.39, 0.29) is 27.8 Å². The van der Waals surface area contributed by atoms with E-state index in [0.29, 0.717) is 17.1 Å². The molecule has 6 aromatic heterocycles. The lowest BCUT2D eigenvalue weighted by molar-refractivity contribution is -0.191. The molecule has 240 valence electrons. The lowest BCUT2D eigenvalue weighted by atomic mass is 9.38. The van der Waals surface area contributed by atoms with Crippen LogP contribution in [0.15, 0.2) is 49.6 Å². The molecule has 47 heavy (non-hydrogen) atoms. The number of nitrogens with one attached hydrogen (secondary N) is 2. The molecule has 11 nitrogen and oxygen atoms in total. The minimum Gasteiger partial charge on any atom is -0.346 e. The van der Waals surface area contributed by atoms with E-state index in [0.717, 1.165) is 104 Å². The molecule has 0 aromatic carbocycles. The van der Waals surface area contributed by atoms with Crippen molar-refractivity contribution in [1.82, 2.24) is 39.0 Å². The van der Waals surface area contributed by atoms with Gasteiger partial charge in [0.1, 0.15) is 28.1 Å². The highest BCUT2D eigenvalue weighted by Crippen LogP contribution is 2.73. The summed E-state index contributed by atoms with van der Waals surface area (Å²) < 4.78 is 4.69. The van der Waals surface area contributed by atoms with Gasteiger partial charge in [-0.05, 0) is 93.4 Å². The molecule has 8 fully saturated rings. The van der Waals surface area contributed by atoms with Gasteiger partial charge in [-0.2, -0.15) is 0 Å². The Labute approximate surface area is 274 Å². The zero-order valence-corrected chi connectivity index (χ0v) is 26.8. The number of nitrogens with zero attached hydrogens (tertiary/aromatic N) is 6. The van der Waals surface area contributed by atoms with Crippen LogP contribution in [0.5, 0.6) is 0 Å². The van der Waals surface area contributed by atoms with Gasteiger partial charge in [0, 0.05) is 52.5 Å². The minimum atomic E-state index is -0.157. The molecule has 8 saturated carbocycles. The number of halogens is 1. The number of carbonyl (C=O) groups is 2. The van der Waals surface area contributed by atoms with Gasteiger partial charge < -0.3 is 24.8 Å². The van der Waals surface area contributed by atoms with Gasteiger partial charge in [-0.25, -0.2) is 19.9 Å². The molecule has 4 bridgehead atoms. The maximum Gasteiger partial charge on any atom is 0.224 e. The number of imidazole rings is 2. The highest BCUT2D eigenvalue weighted by Gasteiger charge is 2.69. The van der Waals surface area contributed by atoms with Crippen LogP contribution in [0.1, 0.15) is 70.6 Å². The average Bonchev–Trinajstić information content (AvgIpc) is 3.81. The van der Waals surface area contributed by atoms with Crippen LogP contribution in [0, 0.1) is 17.3 Å². The van der Waals surface area contributed by atoms with Gasteiger partial charge in [-0.3, -0.25) is 9.59 Å². The van der Waals surface area contributed by atoms with E-state index in [1.807, 2.05) is 37.4 Å². The molecule has 8 aliphatic rings. The van der Waals surface area contributed by atoms with Crippen molar-refractivity contribution in [3.63, 3.8) is 0 Å². The van der Waals surface area contributed by atoms with Gasteiger partial charge >= 0.3 is 0 Å². The summed E-state index contributed by atoms with van der Waals surface area (Å²) in [5.41, 5.74) is 13.2. The Bertz CT molecular complexity index is 2230. The van der Waals surface area contributed by atoms with Crippen LogP contribution in [0.4, 0.5) is 0 Å². The van der Waals surface area contributed by atoms with Crippen molar-refractivity contribution >= 4 is 66.8 Å². The number of Topliss-reactive ketones (excluding diaryl/α,β-unsaturated/α-hetero) is 1. The molecule has 6 heterocycles. The van der Waals surface area contributed by atoms with Crippen LogP contribution in [-0.2, 0) is 20.7 Å². The monoisotopic (exact) mass is 649 g/mol. The predicted octanol–water partition coefficient (Wildman–Crippen LogP) is 5.83. The van der Waals surface area contributed by atoms with Crippen molar-refractivity contribution in [2.45, 2.75) is 87.2 Å². The van der Waals surface area contributed by atoms with E-state index in [4.69, 9.17) is 17.3 Å². The van der Waals surface area contributed by atoms with E-state index in [2.05, 4.69) is 51.2 Å². The lowest BCUT2D eigenvalue weighted by Gasteiger charge is -2.71. The highest BCUT2D eigenvalue weighted by atomic mass is 35.5. The standard InChI is InChI=1S/C18H18N4O.C13H13N5.C4H5ClO/c23-14(11-1-2-11)5-17-7-18(8-17,9-17)22-10-21-13-6-20-16-12(15(13)22)3-4-19-16;14-12-4-13(5-12,6-12)18-7-17-9-3-16-11-8(10(9)18)1-2-15-11;5-4(6)3-1-2-3/h3-4,6,10-11H,1-2,5,7-9H2,(H,19,20);1-3,7H,4-6,14H2,(H,15,16);3H,1-2H2. The third kappa shape index (κ3) is 4.14. The maximum absolute atomic E-state index is 12.2. The molecule has 0 amide bonds. The molecular formula is C35H36ClN9O2. The second-order valence-corrected chi connectivity index (χ2v) is 15.9. The summed E-state index contributed by atoms with van der Waals surface area (Å²) in [5.74, 6) is 1.15. The quantitative estimate of drug-likeness (QED) is 0.192. The number of fused-ring (bicyclic) bond motifs is 6. The number of hydrogen-bond donors (Lipinski definition) is 3. The summed E-state index contributed by atoms with van der Waals surface area (Å²) in [6.45, 7) is 0. The van der Waals surface area contributed by atoms with Gasteiger partial charge in [0.25, 0.3) is 0 Å². The average molecular weight is 650 g/mol. The molecule has 0 spiro atoms. The molecule has 12 heteroatoms. The number of rotatable bonds is 6. The van der Waals surface area contributed by atoms with Crippen LogP contribution in [-0.4, -0.2) is 55.6 Å². The number of H-pyrrole nitrogens is 2. The molecule has 8 aliphatic carbocycles. The third-order valence-corrected chi connectivity index (χ3v) is 12.2. The Morgan fingerprint density at radius 2 is 1.26 bits per heavy atom. The zero-order chi connectivity index (χ0) is 31.8. The summed E-state index contributed by atoms with van der Waals surface area (Å²) >= 11 is 5.04. The Kier molecular flexibility index (Phi) is 5.53. The Balaban J connectivity index is 0.000000105. The summed E-state index contributed by atoms with van der Waals surface area (Å²) in [5, 5.41) is 2.14. The molecule has 0 atom stereocenters. The van der Waals surface area contributed by atoms with E-state index >= 15 is 0 Å². The summed E-state index contributed by atoms with van der Waals surface area (Å²) in [6.07, 6.45) is 23.3. The number of aromatic nitrogens is 8. The summed E-state index contributed by atoms with van der Waals surface area (Å²) in [6, 6.07) is 4.16. The van der Waals surface area contributed by atoms with Crippen LogP contribution >= 0.6 is 11.6 Å². The number of pyridine rings is 2. The minimum absolute atomic E-state index is 0.112. The fourth-order valence-electron chi connectivity index (χ4n) is 9.41. The maximum atomic E-state index is 12.2. The largest absolute Gasteiger partial charge is 0.346 e. The van der Waals surface area contributed by atoms with Gasteiger partial charge in [-0.15, -0.1) is 0 Å². The molecule has 0 aliphatic heterocycles. The normalized spacial score (nSPS) is 31.2.